The molecule has 1 atom stereocenters. The van der Waals surface area contributed by atoms with Gasteiger partial charge in [0.1, 0.15) is 0 Å². The SMILES string of the molecule is CCC(Oc1ccc(/C=C2/SC(=S)N(c3ccc(Cl)c(C(F)(F)F)c3)C2=O)cc1OC)C(=O)O. The molecule has 1 N–H and O–H groups in total. The van der Waals surface area contributed by atoms with Gasteiger partial charge >= 0.3 is 12.1 Å². The van der Waals surface area contributed by atoms with Crippen LogP contribution in [0, 0.1) is 0 Å². The normalized spacial score (nSPS) is 16.2. The van der Waals surface area contributed by atoms with Crippen LogP contribution in [0.15, 0.2) is 41.3 Å². The molecule has 2 aromatic carbocycles. The molecule has 2 aromatic rings. The molecular formula is C22H17ClF3NO5S2. The van der Waals surface area contributed by atoms with Crippen LogP contribution in [0.2, 0.25) is 5.02 Å². The molecule has 1 aliphatic heterocycles. The number of aliphatic carboxylic acids is 1. The Morgan fingerprint density at radius 3 is 2.56 bits per heavy atom. The fraction of sp³-hybridized carbons (Fsp3) is 0.227. The van der Waals surface area contributed by atoms with Gasteiger partial charge in [-0.25, -0.2) is 4.79 Å². The Kier molecular flexibility index (Phi) is 7.79. The Morgan fingerprint density at radius 2 is 1.97 bits per heavy atom. The predicted molar refractivity (Wildman–Crippen MR) is 127 cm³/mol. The maximum atomic E-state index is 13.2. The third-order valence-corrected chi connectivity index (χ3v) is 6.34. The Balaban J connectivity index is 1.90. The van der Waals surface area contributed by atoms with Crippen molar-refractivity contribution < 1.29 is 37.3 Å². The van der Waals surface area contributed by atoms with Gasteiger partial charge in [-0.3, -0.25) is 9.69 Å². The van der Waals surface area contributed by atoms with Crippen LogP contribution in [0.4, 0.5) is 18.9 Å². The van der Waals surface area contributed by atoms with E-state index in [9.17, 15) is 27.9 Å². The van der Waals surface area contributed by atoms with Gasteiger partial charge in [0.05, 0.1) is 28.3 Å². The fourth-order valence-electron chi connectivity index (χ4n) is 3.04. The molecule has 1 unspecified atom stereocenters. The van der Waals surface area contributed by atoms with Crippen molar-refractivity contribution in [3.05, 3.63) is 57.5 Å². The van der Waals surface area contributed by atoms with Crippen molar-refractivity contribution in [1.82, 2.24) is 0 Å². The number of amides is 1. The second-order valence-corrected chi connectivity index (χ2v) is 9.03. The number of hydrogen-bond acceptors (Lipinski definition) is 6. The summed E-state index contributed by atoms with van der Waals surface area (Å²) in [6, 6.07) is 7.76. The zero-order valence-electron chi connectivity index (χ0n) is 17.7. The summed E-state index contributed by atoms with van der Waals surface area (Å²) in [5, 5.41) is 8.70. The number of carboxylic acid groups (broad SMARTS) is 1. The average molecular weight is 532 g/mol. The van der Waals surface area contributed by atoms with Crippen LogP contribution in [-0.2, 0) is 15.8 Å². The number of benzene rings is 2. The lowest BCUT2D eigenvalue weighted by Crippen LogP contribution is -2.27. The van der Waals surface area contributed by atoms with E-state index in [0.717, 1.165) is 28.8 Å². The fourth-order valence-corrected chi connectivity index (χ4v) is 4.57. The molecule has 3 rings (SSSR count). The van der Waals surface area contributed by atoms with E-state index in [1.165, 1.54) is 25.3 Å². The Morgan fingerprint density at radius 1 is 1.26 bits per heavy atom. The van der Waals surface area contributed by atoms with Crippen LogP contribution in [0.25, 0.3) is 6.08 Å². The minimum atomic E-state index is -4.69. The van der Waals surface area contributed by atoms with E-state index in [-0.39, 0.29) is 32.8 Å². The van der Waals surface area contributed by atoms with Crippen LogP contribution in [0.3, 0.4) is 0 Å². The predicted octanol–water partition coefficient (Wildman–Crippen LogP) is 6.02. The van der Waals surface area contributed by atoms with Crippen LogP contribution in [0.5, 0.6) is 11.5 Å². The highest BCUT2D eigenvalue weighted by Gasteiger charge is 2.37. The number of halogens is 4. The van der Waals surface area contributed by atoms with Crippen LogP contribution >= 0.6 is 35.6 Å². The summed E-state index contributed by atoms with van der Waals surface area (Å²) in [7, 11) is 1.38. The minimum absolute atomic E-state index is 0.0526. The number of thiocarbonyl (C=S) groups is 1. The standard InChI is InChI=1S/C22H17ClF3NO5S2/c1-3-15(20(29)30)32-16-7-4-11(8-17(16)31-2)9-18-19(28)27(21(33)34-18)12-5-6-14(23)13(10-12)22(24,25)26/h4-10,15H,3H2,1-2H3,(H,29,30)/b18-9+. The molecule has 6 nitrogen and oxygen atoms in total. The van der Waals surface area contributed by atoms with Gasteiger partial charge in [0.2, 0.25) is 0 Å². The molecule has 0 aliphatic carbocycles. The number of nitrogens with zero attached hydrogens (tertiary/aromatic N) is 1. The van der Waals surface area contributed by atoms with Gasteiger partial charge in [-0.2, -0.15) is 13.2 Å². The Labute approximate surface area is 207 Å². The van der Waals surface area contributed by atoms with Crippen molar-refractivity contribution in [2.75, 3.05) is 12.0 Å². The Bertz CT molecular complexity index is 1190. The molecule has 0 aromatic heterocycles. The highest BCUT2D eigenvalue weighted by atomic mass is 35.5. The lowest BCUT2D eigenvalue weighted by molar-refractivity contribution is -0.145. The number of rotatable bonds is 7. The summed E-state index contributed by atoms with van der Waals surface area (Å²) in [5.41, 5.74) is -0.611. The van der Waals surface area contributed by atoms with Crippen LogP contribution in [-0.4, -0.2) is 34.5 Å². The number of carboxylic acids is 1. The molecule has 0 radical (unpaired) electrons. The first-order chi connectivity index (χ1) is 16.0. The molecule has 1 fully saturated rings. The smallest absolute Gasteiger partial charge is 0.417 e. The number of thioether (sulfide) groups is 1. The molecule has 1 heterocycles. The first-order valence-corrected chi connectivity index (χ1v) is 11.3. The molecule has 1 aliphatic rings. The topological polar surface area (TPSA) is 76.1 Å². The van der Waals surface area contributed by atoms with Crippen molar-refractivity contribution in [2.45, 2.75) is 25.6 Å². The maximum absolute atomic E-state index is 13.2. The maximum Gasteiger partial charge on any atom is 0.417 e. The number of ether oxygens (including phenoxy) is 2. The minimum Gasteiger partial charge on any atom is -0.493 e. The number of anilines is 1. The first kappa shape index (κ1) is 25.9. The summed E-state index contributed by atoms with van der Waals surface area (Å²) in [6.07, 6.45) is -4.01. The summed E-state index contributed by atoms with van der Waals surface area (Å²) in [5.74, 6) is -1.26. The summed E-state index contributed by atoms with van der Waals surface area (Å²) >= 11 is 11.8. The van der Waals surface area contributed by atoms with Gasteiger partial charge < -0.3 is 14.6 Å². The number of methoxy groups -OCH3 is 1. The van der Waals surface area contributed by atoms with Crippen LogP contribution in [0.1, 0.15) is 24.5 Å². The molecule has 1 amide bonds. The molecule has 34 heavy (non-hydrogen) atoms. The lowest BCUT2D eigenvalue weighted by atomic mass is 10.1. The highest BCUT2D eigenvalue weighted by Crippen LogP contribution is 2.41. The van der Waals surface area contributed by atoms with Gasteiger partial charge in [-0.15, -0.1) is 0 Å². The summed E-state index contributed by atoms with van der Waals surface area (Å²) < 4.78 is 50.5. The van der Waals surface area contributed by atoms with Crippen molar-refractivity contribution in [3.63, 3.8) is 0 Å². The van der Waals surface area contributed by atoms with E-state index in [1.807, 2.05) is 0 Å². The van der Waals surface area contributed by atoms with Gasteiger partial charge in [0, 0.05) is 0 Å². The monoisotopic (exact) mass is 531 g/mol. The van der Waals surface area contributed by atoms with Gasteiger partial charge in [0.15, 0.2) is 21.9 Å². The second-order valence-electron chi connectivity index (χ2n) is 6.94. The van der Waals surface area contributed by atoms with Gasteiger partial charge in [0.25, 0.3) is 5.91 Å². The average Bonchev–Trinajstić information content (AvgIpc) is 3.04. The summed E-state index contributed by atoms with van der Waals surface area (Å²) in [4.78, 5) is 25.4. The molecule has 0 bridgehead atoms. The van der Waals surface area contributed by atoms with E-state index >= 15 is 0 Å². The number of hydrogen-bond donors (Lipinski definition) is 1. The van der Waals surface area contributed by atoms with Gasteiger partial charge in [-0.05, 0) is 48.4 Å². The molecular weight excluding hydrogens is 515 g/mol. The third-order valence-electron chi connectivity index (χ3n) is 4.71. The Hall–Kier alpha value is -2.76. The molecule has 1 saturated heterocycles. The first-order valence-electron chi connectivity index (χ1n) is 9.68. The van der Waals surface area contributed by atoms with Crippen molar-refractivity contribution >= 4 is 63.5 Å². The van der Waals surface area contributed by atoms with Gasteiger partial charge in [-0.1, -0.05) is 48.6 Å². The number of alkyl halides is 3. The lowest BCUT2D eigenvalue weighted by Gasteiger charge is -2.17. The van der Waals surface area contributed by atoms with Crippen molar-refractivity contribution in [3.8, 4) is 11.5 Å². The number of carbonyl (C=O) groups is 2. The zero-order valence-corrected chi connectivity index (χ0v) is 20.1. The third kappa shape index (κ3) is 5.48. The van der Waals surface area contributed by atoms with E-state index in [1.54, 1.807) is 19.1 Å². The van der Waals surface area contributed by atoms with Crippen molar-refractivity contribution in [1.29, 1.82) is 0 Å². The van der Waals surface area contributed by atoms with E-state index in [0.29, 0.717) is 5.56 Å². The van der Waals surface area contributed by atoms with Crippen molar-refractivity contribution in [2.24, 2.45) is 0 Å². The van der Waals surface area contributed by atoms with E-state index < -0.39 is 34.7 Å². The second kappa shape index (κ2) is 10.2. The number of carbonyl (C=O) groups excluding carboxylic acids is 1. The zero-order chi connectivity index (χ0) is 25.2. The van der Waals surface area contributed by atoms with Crippen LogP contribution < -0.4 is 14.4 Å². The molecule has 180 valence electrons. The molecule has 12 heteroatoms. The molecule has 0 spiro atoms. The summed E-state index contributed by atoms with van der Waals surface area (Å²) in [6.45, 7) is 1.67. The largest absolute Gasteiger partial charge is 0.493 e. The molecule has 0 saturated carbocycles. The van der Waals surface area contributed by atoms with E-state index in [4.69, 9.17) is 33.3 Å². The van der Waals surface area contributed by atoms with E-state index in [2.05, 4.69) is 0 Å². The quantitative estimate of drug-likeness (QED) is 0.346. The highest BCUT2D eigenvalue weighted by molar-refractivity contribution is 8.27.